The van der Waals surface area contributed by atoms with Crippen molar-refractivity contribution in [3.63, 3.8) is 0 Å². The van der Waals surface area contributed by atoms with Crippen LogP contribution in [0.3, 0.4) is 0 Å². The van der Waals surface area contributed by atoms with E-state index in [1.807, 2.05) is 12.1 Å². The molecule has 1 aliphatic carbocycles. The standard InChI is InChI=1S/C17H20N2O4/c20-15-8-7-14(12-4-1-2-5-13(12)15)17(22)18-23-11-10-19-9-3-6-16(19)21/h1-2,4-5,14H,3,6-11H2,(H,18,22). The van der Waals surface area contributed by atoms with Gasteiger partial charge in [-0.25, -0.2) is 5.48 Å². The second kappa shape index (κ2) is 6.91. The van der Waals surface area contributed by atoms with Crippen LogP contribution in [-0.4, -0.2) is 42.2 Å². The molecule has 0 aromatic heterocycles. The molecule has 1 aromatic rings. The maximum atomic E-state index is 12.3. The number of hydrogen-bond donors (Lipinski definition) is 1. The molecule has 0 bridgehead atoms. The predicted octanol–water partition coefficient (Wildman–Crippen LogP) is 1.42. The number of amides is 2. The molecule has 1 fully saturated rings. The van der Waals surface area contributed by atoms with E-state index in [1.165, 1.54) is 0 Å². The van der Waals surface area contributed by atoms with Crippen LogP contribution in [0.5, 0.6) is 0 Å². The van der Waals surface area contributed by atoms with Crippen LogP contribution in [0.2, 0.25) is 0 Å². The van der Waals surface area contributed by atoms with Crippen LogP contribution in [0, 0.1) is 0 Å². The van der Waals surface area contributed by atoms with Gasteiger partial charge >= 0.3 is 0 Å². The molecule has 2 amide bonds. The van der Waals surface area contributed by atoms with E-state index >= 15 is 0 Å². The number of benzene rings is 1. The molecule has 1 atom stereocenters. The first kappa shape index (κ1) is 15.7. The third-order valence-electron chi connectivity index (χ3n) is 4.42. The van der Waals surface area contributed by atoms with Crippen LogP contribution in [-0.2, 0) is 14.4 Å². The van der Waals surface area contributed by atoms with Crippen molar-refractivity contribution in [2.45, 2.75) is 31.6 Å². The Morgan fingerprint density at radius 3 is 2.87 bits per heavy atom. The second-order valence-corrected chi connectivity index (χ2v) is 5.90. The van der Waals surface area contributed by atoms with E-state index in [2.05, 4.69) is 5.48 Å². The molecule has 1 aliphatic heterocycles. The van der Waals surface area contributed by atoms with E-state index in [0.717, 1.165) is 18.5 Å². The number of fused-ring (bicyclic) bond motifs is 1. The molecule has 1 aromatic carbocycles. The SMILES string of the molecule is O=C1CCC(C(=O)NOCCN2CCCC2=O)c2ccccc21. The summed E-state index contributed by atoms with van der Waals surface area (Å²) in [5.74, 6) is -0.382. The minimum absolute atomic E-state index is 0.0816. The van der Waals surface area contributed by atoms with Crippen molar-refractivity contribution >= 4 is 17.6 Å². The Morgan fingerprint density at radius 2 is 2.09 bits per heavy atom. The fourth-order valence-electron chi connectivity index (χ4n) is 3.18. The molecular weight excluding hydrogens is 296 g/mol. The molecular formula is C17H20N2O4. The molecule has 0 saturated carbocycles. The third kappa shape index (κ3) is 3.42. The van der Waals surface area contributed by atoms with Gasteiger partial charge in [-0.1, -0.05) is 24.3 Å². The summed E-state index contributed by atoms with van der Waals surface area (Å²) < 4.78 is 0. The Balaban J connectivity index is 1.52. The summed E-state index contributed by atoms with van der Waals surface area (Å²) in [6.07, 6.45) is 2.35. The zero-order valence-corrected chi connectivity index (χ0v) is 12.9. The van der Waals surface area contributed by atoms with E-state index in [4.69, 9.17) is 4.84 Å². The zero-order valence-electron chi connectivity index (χ0n) is 12.9. The molecule has 3 rings (SSSR count). The van der Waals surface area contributed by atoms with Gasteiger partial charge < -0.3 is 4.90 Å². The van der Waals surface area contributed by atoms with Crippen LogP contribution in [0.4, 0.5) is 0 Å². The Bertz CT molecular complexity index is 629. The molecule has 0 radical (unpaired) electrons. The van der Waals surface area contributed by atoms with E-state index in [0.29, 0.717) is 31.4 Å². The van der Waals surface area contributed by atoms with Crippen LogP contribution in [0.25, 0.3) is 0 Å². The predicted molar refractivity (Wildman–Crippen MR) is 82.7 cm³/mol. The molecule has 0 spiro atoms. The number of carbonyl (C=O) groups excluding carboxylic acids is 3. The van der Waals surface area contributed by atoms with Gasteiger partial charge in [-0.05, 0) is 18.4 Å². The monoisotopic (exact) mass is 316 g/mol. The number of hydroxylamine groups is 1. The lowest BCUT2D eigenvalue weighted by atomic mass is 9.82. The number of Topliss-reactive ketones (excluding diaryl/α,β-unsaturated/α-hetero) is 1. The maximum Gasteiger partial charge on any atom is 0.251 e. The molecule has 122 valence electrons. The molecule has 6 heteroatoms. The smallest absolute Gasteiger partial charge is 0.251 e. The van der Waals surface area contributed by atoms with Crippen molar-refractivity contribution < 1.29 is 19.2 Å². The van der Waals surface area contributed by atoms with Gasteiger partial charge in [0.05, 0.1) is 12.5 Å². The molecule has 1 heterocycles. The first-order valence-electron chi connectivity index (χ1n) is 7.98. The molecule has 2 aliphatic rings. The number of nitrogens with zero attached hydrogens (tertiary/aromatic N) is 1. The van der Waals surface area contributed by atoms with Gasteiger partial charge in [-0.15, -0.1) is 0 Å². The highest BCUT2D eigenvalue weighted by Gasteiger charge is 2.30. The summed E-state index contributed by atoms with van der Waals surface area (Å²) >= 11 is 0. The van der Waals surface area contributed by atoms with Gasteiger partial charge in [0, 0.05) is 31.5 Å². The lowest BCUT2D eigenvalue weighted by Crippen LogP contribution is -2.35. The van der Waals surface area contributed by atoms with Crippen molar-refractivity contribution in [3.05, 3.63) is 35.4 Å². The van der Waals surface area contributed by atoms with E-state index in [1.54, 1.807) is 17.0 Å². The Kier molecular flexibility index (Phi) is 4.71. The summed E-state index contributed by atoms with van der Waals surface area (Å²) in [4.78, 5) is 42.6. The average Bonchev–Trinajstić information content (AvgIpc) is 2.97. The summed E-state index contributed by atoms with van der Waals surface area (Å²) in [6.45, 7) is 1.51. The number of hydrogen-bond acceptors (Lipinski definition) is 4. The average molecular weight is 316 g/mol. The normalized spacial score (nSPS) is 20.5. The highest BCUT2D eigenvalue weighted by atomic mass is 16.7. The Labute approximate surface area is 134 Å². The topological polar surface area (TPSA) is 75.7 Å². The van der Waals surface area contributed by atoms with Crippen LogP contribution < -0.4 is 5.48 Å². The van der Waals surface area contributed by atoms with Gasteiger partial charge in [-0.2, -0.15) is 0 Å². The van der Waals surface area contributed by atoms with Crippen molar-refractivity contribution in [2.24, 2.45) is 0 Å². The number of likely N-dealkylation sites (tertiary alicyclic amines) is 1. The van der Waals surface area contributed by atoms with Crippen molar-refractivity contribution in [1.29, 1.82) is 0 Å². The summed E-state index contributed by atoms with van der Waals surface area (Å²) in [5, 5.41) is 0. The highest BCUT2D eigenvalue weighted by Crippen LogP contribution is 2.31. The van der Waals surface area contributed by atoms with Crippen LogP contribution in [0.15, 0.2) is 24.3 Å². The number of rotatable bonds is 5. The highest BCUT2D eigenvalue weighted by molar-refractivity contribution is 6.01. The van der Waals surface area contributed by atoms with Gasteiger partial charge in [0.15, 0.2) is 5.78 Å². The Morgan fingerprint density at radius 1 is 1.26 bits per heavy atom. The van der Waals surface area contributed by atoms with Crippen LogP contribution >= 0.6 is 0 Å². The lowest BCUT2D eigenvalue weighted by Gasteiger charge is -2.23. The van der Waals surface area contributed by atoms with E-state index < -0.39 is 0 Å². The lowest BCUT2D eigenvalue weighted by molar-refractivity contribution is -0.136. The number of carbonyl (C=O) groups is 3. The Hall–Kier alpha value is -2.21. The largest absolute Gasteiger partial charge is 0.340 e. The fourth-order valence-corrected chi connectivity index (χ4v) is 3.18. The first-order chi connectivity index (χ1) is 11.2. The van der Waals surface area contributed by atoms with Crippen molar-refractivity contribution in [2.75, 3.05) is 19.7 Å². The maximum absolute atomic E-state index is 12.3. The third-order valence-corrected chi connectivity index (χ3v) is 4.42. The van der Waals surface area contributed by atoms with Gasteiger partial charge in [0.2, 0.25) is 5.91 Å². The fraction of sp³-hybridized carbons (Fsp3) is 0.471. The minimum Gasteiger partial charge on any atom is -0.340 e. The molecule has 1 N–H and O–H groups in total. The van der Waals surface area contributed by atoms with Crippen LogP contribution in [0.1, 0.15) is 47.5 Å². The minimum atomic E-state index is -0.364. The molecule has 23 heavy (non-hydrogen) atoms. The first-order valence-corrected chi connectivity index (χ1v) is 7.98. The molecule has 6 nitrogen and oxygen atoms in total. The van der Waals surface area contributed by atoms with E-state index in [9.17, 15) is 14.4 Å². The second-order valence-electron chi connectivity index (χ2n) is 5.90. The zero-order chi connectivity index (χ0) is 16.2. The van der Waals surface area contributed by atoms with Crippen molar-refractivity contribution in [1.82, 2.24) is 10.4 Å². The van der Waals surface area contributed by atoms with Gasteiger partial charge in [-0.3, -0.25) is 19.2 Å². The van der Waals surface area contributed by atoms with Crippen molar-refractivity contribution in [3.8, 4) is 0 Å². The number of ketones is 1. The molecule has 1 unspecified atom stereocenters. The van der Waals surface area contributed by atoms with Gasteiger partial charge in [0.1, 0.15) is 0 Å². The number of nitrogens with one attached hydrogen (secondary N) is 1. The van der Waals surface area contributed by atoms with E-state index in [-0.39, 0.29) is 30.1 Å². The van der Waals surface area contributed by atoms with Gasteiger partial charge in [0.25, 0.3) is 5.91 Å². The summed E-state index contributed by atoms with van der Waals surface area (Å²) in [7, 11) is 0. The summed E-state index contributed by atoms with van der Waals surface area (Å²) in [6, 6.07) is 7.22. The molecule has 1 saturated heterocycles. The quantitative estimate of drug-likeness (QED) is 0.658. The summed E-state index contributed by atoms with van der Waals surface area (Å²) in [5.41, 5.74) is 3.85.